The van der Waals surface area contributed by atoms with Crippen molar-refractivity contribution >= 4 is 20.2 Å². The molecule has 1 rings (SSSR count). The number of rotatable bonds is 0. The Hall–Kier alpha value is -0.662. The van der Waals surface area contributed by atoms with E-state index in [-0.39, 0.29) is 0 Å². The second kappa shape index (κ2) is 6.67. The molecule has 0 spiro atoms. The van der Waals surface area contributed by atoms with E-state index in [4.69, 9.17) is 0 Å². The molecule has 19 heavy (non-hydrogen) atoms. The van der Waals surface area contributed by atoms with Crippen molar-refractivity contribution < 1.29 is 39.5 Å². The molecule has 110 valence electrons. The van der Waals surface area contributed by atoms with E-state index >= 15 is 0 Å². The summed E-state index contributed by atoms with van der Waals surface area (Å²) >= 11 is -7.29. The molecule has 0 radical (unpaired) electrons. The minimum absolute atomic E-state index is 1.75. The topological polar surface area (TPSA) is 12.9 Å². The summed E-state index contributed by atoms with van der Waals surface area (Å²) in [7, 11) is 0. The van der Waals surface area contributed by atoms with Crippen molar-refractivity contribution in [3.8, 4) is 0 Å². The van der Waals surface area contributed by atoms with E-state index in [1.165, 1.54) is 0 Å². The molecule has 0 aromatic carbocycles. The average molecular weight is 408 g/mol. The van der Waals surface area contributed by atoms with Crippen molar-refractivity contribution in [1.29, 1.82) is 0 Å². The second-order valence-electron chi connectivity index (χ2n) is 2.76. The maximum atomic E-state index is 11.4. The summed E-state index contributed by atoms with van der Waals surface area (Å²) < 4.78 is 83.6. The fourth-order valence-electron chi connectivity index (χ4n) is 0.744. The zero-order chi connectivity index (χ0) is 15.3. The third kappa shape index (κ3) is 7.49. The summed E-state index contributed by atoms with van der Waals surface area (Å²) in [4.78, 5) is 3.78. The van der Waals surface area contributed by atoms with Crippen LogP contribution in [0, 0.1) is 0 Å². The zero-order valence-electron chi connectivity index (χ0n) is 8.68. The van der Waals surface area contributed by atoms with Gasteiger partial charge in [0.2, 0.25) is 0 Å². The summed E-state index contributed by atoms with van der Waals surface area (Å²) in [5, 5.41) is 0. The summed E-state index contributed by atoms with van der Waals surface area (Å²) in [5.74, 6) is 0. The van der Waals surface area contributed by atoms with Crippen molar-refractivity contribution in [2.45, 2.75) is 12.4 Å². The van der Waals surface area contributed by atoms with Crippen LogP contribution in [0.25, 0.3) is 0 Å². The molecular formula is C8H5F9NSb. The molecule has 11 heteroatoms. The van der Waals surface area contributed by atoms with E-state index in [2.05, 4.69) is 4.98 Å². The Bertz CT molecular complexity index is 295. The molecule has 1 nitrogen and oxygen atoms in total. The molecule has 0 N–H and O–H groups in total. The molecule has 1 aromatic rings. The van der Waals surface area contributed by atoms with Crippen LogP contribution in [0.15, 0.2) is 30.6 Å². The van der Waals surface area contributed by atoms with Crippen molar-refractivity contribution in [3.63, 3.8) is 0 Å². The molecule has 0 aliphatic rings. The second-order valence-corrected chi connectivity index (χ2v) is 9.02. The van der Waals surface area contributed by atoms with Gasteiger partial charge in [0.25, 0.3) is 0 Å². The van der Waals surface area contributed by atoms with Crippen LogP contribution in [0.4, 0.5) is 39.5 Å². The number of halogens is 9. The van der Waals surface area contributed by atoms with Crippen LogP contribution in [0.2, 0.25) is 0 Å². The van der Waals surface area contributed by atoms with Gasteiger partial charge in [-0.1, -0.05) is 6.07 Å². The number of hydrogen-bond acceptors (Lipinski definition) is 1. The van der Waals surface area contributed by atoms with E-state index in [0.29, 0.717) is 0 Å². The minimum Gasteiger partial charge on any atom is -0.265 e. The molecule has 0 atom stereocenters. The standard InChI is InChI=1S/C5H5N.3CF3.Sb/c1-2-4-6-5-3-1;3*2-1(3)4;/h1-5H;;;;. The van der Waals surface area contributed by atoms with Crippen molar-refractivity contribution in [3.05, 3.63) is 30.6 Å². The smallest absolute Gasteiger partial charge is 0.0267 e. The van der Waals surface area contributed by atoms with Gasteiger partial charge in [0, 0.05) is 12.4 Å². The van der Waals surface area contributed by atoms with Gasteiger partial charge >= 0.3 is 72.1 Å². The molecule has 0 unspecified atom stereocenters. The first-order chi connectivity index (χ1) is 8.37. The van der Waals surface area contributed by atoms with Crippen LogP contribution in [0.3, 0.4) is 0 Å². The van der Waals surface area contributed by atoms with E-state index in [0.717, 1.165) is 0 Å². The first-order valence-electron chi connectivity index (χ1n) is 4.22. The van der Waals surface area contributed by atoms with Crippen molar-refractivity contribution in [1.82, 2.24) is 4.98 Å². The predicted octanol–water partition coefficient (Wildman–Crippen LogP) is 3.87. The number of hydrogen-bond donors (Lipinski definition) is 0. The largest absolute Gasteiger partial charge is 0.265 e. The Morgan fingerprint density at radius 2 is 0.895 bits per heavy atom. The number of pyridine rings is 1. The third-order valence-corrected chi connectivity index (χ3v) is 5.67. The average Bonchev–Trinajstić information content (AvgIpc) is 2.13. The molecular weight excluding hydrogens is 403 g/mol. The summed E-state index contributed by atoms with van der Waals surface area (Å²) in [6.07, 6.45) is 3.50. The zero-order valence-corrected chi connectivity index (χ0v) is 11.2. The van der Waals surface area contributed by atoms with Gasteiger partial charge in [-0.25, -0.2) is 0 Å². The van der Waals surface area contributed by atoms with Gasteiger partial charge in [-0.05, 0) is 12.1 Å². The molecule has 0 aliphatic heterocycles. The molecule has 1 heterocycles. The van der Waals surface area contributed by atoms with Crippen LogP contribution in [-0.4, -0.2) is 37.6 Å². The first kappa shape index (κ1) is 18.3. The molecule has 0 saturated carbocycles. The van der Waals surface area contributed by atoms with Gasteiger partial charge in [0.15, 0.2) is 0 Å². The van der Waals surface area contributed by atoms with E-state index in [1.807, 2.05) is 18.2 Å². The van der Waals surface area contributed by atoms with E-state index in [1.54, 1.807) is 12.4 Å². The van der Waals surface area contributed by atoms with Crippen LogP contribution >= 0.6 is 0 Å². The van der Waals surface area contributed by atoms with Gasteiger partial charge in [-0.3, -0.25) is 4.98 Å². The Morgan fingerprint density at radius 1 is 0.579 bits per heavy atom. The molecule has 0 aliphatic carbocycles. The number of aromatic nitrogens is 1. The molecule has 0 amide bonds. The molecule has 1 aromatic heterocycles. The maximum absolute atomic E-state index is 11.4. The normalized spacial score (nSPS) is 12.9. The fourth-order valence-corrected chi connectivity index (χ4v) is 3.21. The third-order valence-electron chi connectivity index (χ3n) is 1.33. The molecule has 0 saturated heterocycles. The monoisotopic (exact) mass is 407 g/mol. The summed E-state index contributed by atoms with van der Waals surface area (Å²) in [6, 6.07) is 5.72. The van der Waals surface area contributed by atoms with E-state index in [9.17, 15) is 39.5 Å². The Labute approximate surface area is 108 Å². The van der Waals surface area contributed by atoms with Gasteiger partial charge in [0.05, 0.1) is 0 Å². The SMILES string of the molecule is F[C](F)(F)[Sb]([C](F)(F)F)[C](F)(F)F.c1ccncc1. The Balaban J connectivity index is 0.000000443. The van der Waals surface area contributed by atoms with Gasteiger partial charge in [-0.15, -0.1) is 0 Å². The van der Waals surface area contributed by atoms with Gasteiger partial charge in [-0.2, -0.15) is 0 Å². The van der Waals surface area contributed by atoms with Crippen LogP contribution in [0.5, 0.6) is 0 Å². The maximum Gasteiger partial charge on any atom is 0.0267 e. The molecule has 0 fully saturated rings. The molecule has 0 bridgehead atoms. The minimum atomic E-state index is -7.29. The van der Waals surface area contributed by atoms with Gasteiger partial charge in [0.1, 0.15) is 0 Å². The van der Waals surface area contributed by atoms with Gasteiger partial charge < -0.3 is 0 Å². The van der Waals surface area contributed by atoms with Crippen molar-refractivity contribution in [2.24, 2.45) is 0 Å². The quantitative estimate of drug-likeness (QED) is 0.470. The van der Waals surface area contributed by atoms with E-state index < -0.39 is 32.6 Å². The Kier molecular flexibility index (Phi) is 6.44. The van der Waals surface area contributed by atoms with Crippen LogP contribution in [0.1, 0.15) is 0 Å². The van der Waals surface area contributed by atoms with Crippen LogP contribution in [-0.2, 0) is 0 Å². The number of alkyl halides is 9. The summed E-state index contributed by atoms with van der Waals surface area (Å²) in [5.41, 5.74) is 0. The first-order valence-corrected chi connectivity index (χ1v) is 8.05. The fraction of sp³-hybridized carbons (Fsp3) is 0.375. The Morgan fingerprint density at radius 3 is 0.947 bits per heavy atom. The number of nitrogens with zero attached hydrogens (tertiary/aromatic N) is 1. The van der Waals surface area contributed by atoms with Crippen LogP contribution < -0.4 is 0 Å². The summed E-state index contributed by atoms with van der Waals surface area (Å²) in [6.45, 7) is 0. The van der Waals surface area contributed by atoms with Crippen molar-refractivity contribution in [2.75, 3.05) is 0 Å². The predicted molar refractivity (Wildman–Crippen MR) is 48.2 cm³/mol.